The molecule has 0 radical (unpaired) electrons. The predicted octanol–water partition coefficient (Wildman–Crippen LogP) is 3.08. The Labute approximate surface area is 157 Å². The van der Waals surface area contributed by atoms with Crippen LogP contribution in [0, 0.1) is 17.2 Å². The van der Waals surface area contributed by atoms with Gasteiger partial charge in [0.05, 0.1) is 23.5 Å². The Hall–Kier alpha value is -3.11. The molecule has 0 spiro atoms. The summed E-state index contributed by atoms with van der Waals surface area (Å²) in [6, 6.07) is 14.1. The van der Waals surface area contributed by atoms with Gasteiger partial charge in [-0.25, -0.2) is 4.98 Å². The maximum Gasteiger partial charge on any atom is 0.227 e. The van der Waals surface area contributed by atoms with E-state index in [1.165, 1.54) is 0 Å². The topological polar surface area (TPSA) is 99.0 Å². The number of hydrogen-bond donors (Lipinski definition) is 1. The van der Waals surface area contributed by atoms with Crippen molar-refractivity contribution >= 4 is 16.7 Å². The molecule has 1 fully saturated rings. The summed E-state index contributed by atoms with van der Waals surface area (Å²) in [6.45, 7) is 1.60. The average Bonchev–Trinajstić information content (AvgIpc) is 2.89. The number of anilines is 1. The van der Waals surface area contributed by atoms with Gasteiger partial charge >= 0.3 is 0 Å². The Balaban J connectivity index is 1.69. The highest BCUT2D eigenvalue weighted by Gasteiger charge is 2.29. The van der Waals surface area contributed by atoms with Crippen LogP contribution in [-0.4, -0.2) is 28.0 Å². The average molecular weight is 363 g/mol. The zero-order chi connectivity index (χ0) is 18.6. The highest BCUT2D eigenvalue weighted by Crippen LogP contribution is 2.35. The van der Waals surface area contributed by atoms with Gasteiger partial charge in [0, 0.05) is 19.4 Å². The summed E-state index contributed by atoms with van der Waals surface area (Å²) in [5.41, 5.74) is 8.09. The molecule has 0 bridgehead atoms. The summed E-state index contributed by atoms with van der Waals surface area (Å²) >= 11 is 0. The molecule has 1 aromatic carbocycles. The van der Waals surface area contributed by atoms with Crippen molar-refractivity contribution in [3.63, 3.8) is 0 Å². The molecule has 27 heavy (non-hydrogen) atoms. The number of nitriles is 1. The molecular weight excluding hydrogens is 342 g/mol. The van der Waals surface area contributed by atoms with Gasteiger partial charge in [0.2, 0.25) is 5.88 Å². The molecule has 0 saturated carbocycles. The Morgan fingerprint density at radius 3 is 2.85 bits per heavy atom. The lowest BCUT2D eigenvalue weighted by Gasteiger charge is -2.20. The van der Waals surface area contributed by atoms with E-state index in [0.717, 1.165) is 17.5 Å². The highest BCUT2D eigenvalue weighted by molar-refractivity contribution is 5.93. The van der Waals surface area contributed by atoms with Crippen molar-refractivity contribution < 1.29 is 9.47 Å². The van der Waals surface area contributed by atoms with E-state index in [4.69, 9.17) is 15.2 Å². The zero-order valence-corrected chi connectivity index (χ0v) is 14.9. The standard InChI is InChI=1S/C20H21N5O2/c21-12-15-7-10-26-11-8-16(15)25-17-6-9-23-20(18(17)19(22)24-25)27-13-14-4-2-1-3-5-14/h1-6,9,15-16H,7-8,10-11,13H2,(H2,22,24). The molecule has 2 N–H and O–H groups in total. The maximum absolute atomic E-state index is 9.58. The van der Waals surface area contributed by atoms with Gasteiger partial charge in [-0.1, -0.05) is 30.3 Å². The number of benzene rings is 1. The first-order chi connectivity index (χ1) is 13.3. The van der Waals surface area contributed by atoms with E-state index in [2.05, 4.69) is 16.2 Å². The Morgan fingerprint density at radius 1 is 1.22 bits per heavy atom. The fraction of sp³-hybridized carbons (Fsp3) is 0.350. The lowest BCUT2D eigenvalue weighted by molar-refractivity contribution is 0.141. The first kappa shape index (κ1) is 17.3. The number of rotatable bonds is 4. The molecule has 7 nitrogen and oxygen atoms in total. The second-order valence-electron chi connectivity index (χ2n) is 6.61. The van der Waals surface area contributed by atoms with E-state index < -0.39 is 0 Å². The molecule has 1 aliphatic heterocycles. The van der Waals surface area contributed by atoms with E-state index in [1.54, 1.807) is 6.20 Å². The van der Waals surface area contributed by atoms with Crippen LogP contribution in [-0.2, 0) is 11.3 Å². The maximum atomic E-state index is 9.58. The first-order valence-electron chi connectivity index (χ1n) is 9.04. The zero-order valence-electron chi connectivity index (χ0n) is 14.9. The van der Waals surface area contributed by atoms with E-state index in [9.17, 15) is 5.26 Å². The third-order valence-corrected chi connectivity index (χ3v) is 4.91. The van der Waals surface area contributed by atoms with E-state index >= 15 is 0 Å². The molecule has 0 amide bonds. The van der Waals surface area contributed by atoms with Gasteiger partial charge in [-0.05, 0) is 24.5 Å². The van der Waals surface area contributed by atoms with Gasteiger partial charge < -0.3 is 15.2 Å². The van der Waals surface area contributed by atoms with E-state index in [1.807, 2.05) is 41.1 Å². The molecule has 0 aliphatic carbocycles. The minimum absolute atomic E-state index is 0.0818. The SMILES string of the molecule is N#CC1CCOCCC1n1nc(N)c2c(OCc3ccccc3)nccc21. The number of nitrogens with zero attached hydrogens (tertiary/aromatic N) is 4. The van der Waals surface area contributed by atoms with E-state index in [-0.39, 0.29) is 12.0 Å². The van der Waals surface area contributed by atoms with Crippen molar-refractivity contribution in [1.82, 2.24) is 14.8 Å². The second kappa shape index (κ2) is 7.64. The van der Waals surface area contributed by atoms with Gasteiger partial charge in [-0.2, -0.15) is 10.4 Å². The minimum atomic E-state index is -0.170. The summed E-state index contributed by atoms with van der Waals surface area (Å²) in [5, 5.41) is 14.8. The summed E-state index contributed by atoms with van der Waals surface area (Å²) in [7, 11) is 0. The van der Waals surface area contributed by atoms with Crippen molar-refractivity contribution in [2.24, 2.45) is 5.92 Å². The van der Waals surface area contributed by atoms with Gasteiger partial charge in [-0.3, -0.25) is 4.68 Å². The number of ether oxygens (including phenoxy) is 2. The summed E-state index contributed by atoms with van der Waals surface area (Å²) in [4.78, 5) is 4.35. The molecule has 1 aliphatic rings. The predicted molar refractivity (Wildman–Crippen MR) is 101 cm³/mol. The summed E-state index contributed by atoms with van der Waals surface area (Å²) < 4.78 is 13.3. The third-order valence-electron chi connectivity index (χ3n) is 4.91. The lowest BCUT2D eigenvalue weighted by Crippen LogP contribution is -2.19. The van der Waals surface area contributed by atoms with Crippen LogP contribution in [0.5, 0.6) is 5.88 Å². The van der Waals surface area contributed by atoms with Crippen LogP contribution in [0.2, 0.25) is 0 Å². The van der Waals surface area contributed by atoms with Gasteiger partial charge in [-0.15, -0.1) is 0 Å². The number of fused-ring (bicyclic) bond motifs is 1. The fourth-order valence-corrected chi connectivity index (χ4v) is 3.53. The van der Waals surface area contributed by atoms with Crippen molar-refractivity contribution in [3.05, 3.63) is 48.2 Å². The molecule has 2 aromatic heterocycles. The van der Waals surface area contributed by atoms with Crippen molar-refractivity contribution in [3.8, 4) is 11.9 Å². The summed E-state index contributed by atoms with van der Waals surface area (Å²) in [5.74, 6) is 0.651. The highest BCUT2D eigenvalue weighted by atomic mass is 16.5. The normalized spacial score (nSPS) is 20.1. The van der Waals surface area contributed by atoms with Gasteiger partial charge in [0.25, 0.3) is 0 Å². The quantitative estimate of drug-likeness (QED) is 0.765. The number of nitrogen functional groups attached to an aromatic ring is 1. The molecule has 3 aromatic rings. The molecule has 4 rings (SSSR count). The van der Waals surface area contributed by atoms with Crippen molar-refractivity contribution in [1.29, 1.82) is 5.26 Å². The number of aromatic nitrogens is 3. The number of nitrogens with two attached hydrogens (primary N) is 1. The van der Waals surface area contributed by atoms with Crippen molar-refractivity contribution in [2.75, 3.05) is 18.9 Å². The van der Waals surface area contributed by atoms with Crippen LogP contribution in [0.4, 0.5) is 5.82 Å². The number of pyridine rings is 1. The van der Waals surface area contributed by atoms with Crippen molar-refractivity contribution in [2.45, 2.75) is 25.5 Å². The Kier molecular flexibility index (Phi) is 4.90. The Bertz CT molecular complexity index is 964. The van der Waals surface area contributed by atoms with Crippen LogP contribution >= 0.6 is 0 Å². The van der Waals surface area contributed by atoms with Crippen LogP contribution in [0.3, 0.4) is 0 Å². The largest absolute Gasteiger partial charge is 0.472 e. The second-order valence-corrected chi connectivity index (χ2v) is 6.61. The molecule has 7 heteroatoms. The monoisotopic (exact) mass is 363 g/mol. The van der Waals surface area contributed by atoms with Crippen LogP contribution < -0.4 is 10.5 Å². The smallest absolute Gasteiger partial charge is 0.227 e. The van der Waals surface area contributed by atoms with Crippen LogP contribution in [0.1, 0.15) is 24.4 Å². The first-order valence-corrected chi connectivity index (χ1v) is 9.04. The fourth-order valence-electron chi connectivity index (χ4n) is 3.53. The van der Waals surface area contributed by atoms with Crippen LogP contribution in [0.25, 0.3) is 10.9 Å². The molecule has 138 valence electrons. The molecule has 3 heterocycles. The minimum Gasteiger partial charge on any atom is -0.472 e. The lowest BCUT2D eigenvalue weighted by atomic mass is 9.96. The van der Waals surface area contributed by atoms with Crippen LogP contribution in [0.15, 0.2) is 42.6 Å². The summed E-state index contributed by atoms with van der Waals surface area (Å²) in [6.07, 6.45) is 3.09. The van der Waals surface area contributed by atoms with Gasteiger partial charge in [0.1, 0.15) is 12.0 Å². The third kappa shape index (κ3) is 3.44. The molecule has 1 saturated heterocycles. The van der Waals surface area contributed by atoms with E-state index in [0.29, 0.717) is 43.3 Å². The Morgan fingerprint density at radius 2 is 2.04 bits per heavy atom. The molecular formula is C20H21N5O2. The van der Waals surface area contributed by atoms with Gasteiger partial charge in [0.15, 0.2) is 5.82 Å². The molecule has 2 unspecified atom stereocenters. The number of hydrogen-bond acceptors (Lipinski definition) is 6. The molecule has 2 atom stereocenters.